The van der Waals surface area contributed by atoms with Gasteiger partial charge in [-0.25, -0.2) is 0 Å². The molecular weight excluding hydrogens is 544 g/mol. The second-order valence-electron chi connectivity index (χ2n) is 12.5. The van der Waals surface area contributed by atoms with E-state index in [1.54, 1.807) is 0 Å². The van der Waals surface area contributed by atoms with Gasteiger partial charge in [0.05, 0.1) is 34.1 Å². The summed E-state index contributed by atoms with van der Waals surface area (Å²) in [5.41, 5.74) is 10.8. The first-order valence-electron chi connectivity index (χ1n) is 14.1. The molecule has 0 unspecified atom stereocenters. The highest BCUT2D eigenvalue weighted by Crippen LogP contribution is 2.35. The Morgan fingerprint density at radius 3 is 0.780 bits per heavy atom. The highest BCUT2D eigenvalue weighted by atomic mass is 35.6. The SMILES string of the molecule is Cc1cc([Si](Cl)(c2cc(C)c(N(C)C)c(N(C)C)c2)c2cc(C)c(N(C)C)c(N(C)C)c2)cc(N(C)C)c1N(C)C. The van der Waals surface area contributed by atoms with E-state index in [4.69, 9.17) is 11.1 Å². The van der Waals surface area contributed by atoms with Gasteiger partial charge < -0.3 is 29.4 Å². The van der Waals surface area contributed by atoms with Crippen LogP contribution in [0.1, 0.15) is 16.7 Å². The molecule has 3 aromatic rings. The second kappa shape index (κ2) is 12.1. The molecule has 0 aliphatic carbocycles. The van der Waals surface area contributed by atoms with Crippen LogP contribution in [0, 0.1) is 20.8 Å². The Balaban J connectivity index is 2.57. The average molecular weight is 595 g/mol. The zero-order valence-corrected chi connectivity index (χ0v) is 29.8. The van der Waals surface area contributed by atoms with Crippen LogP contribution in [0.15, 0.2) is 36.4 Å². The Kier molecular flexibility index (Phi) is 9.56. The predicted octanol–water partition coefficient (Wildman–Crippen LogP) is 4.21. The first kappa shape index (κ1) is 32.5. The molecule has 224 valence electrons. The fourth-order valence-electron chi connectivity index (χ4n) is 6.15. The lowest BCUT2D eigenvalue weighted by atomic mass is 10.1. The van der Waals surface area contributed by atoms with Crippen molar-refractivity contribution in [3.63, 3.8) is 0 Å². The Morgan fingerprint density at radius 2 is 0.610 bits per heavy atom. The average Bonchev–Trinajstić information content (AvgIpc) is 2.85. The van der Waals surface area contributed by atoms with Gasteiger partial charge in [-0.3, -0.25) is 0 Å². The summed E-state index contributed by atoms with van der Waals surface area (Å²) in [5.74, 6) is 0. The number of nitrogens with zero attached hydrogens (tertiary/aromatic N) is 6. The fourth-order valence-corrected chi connectivity index (χ4v) is 10.4. The molecule has 6 nitrogen and oxygen atoms in total. The number of aryl methyl sites for hydroxylation is 3. The van der Waals surface area contributed by atoms with Crippen molar-refractivity contribution in [2.75, 3.05) is 114 Å². The van der Waals surface area contributed by atoms with Crippen LogP contribution in [-0.2, 0) is 0 Å². The largest absolute Gasteiger partial charge is 0.376 e. The third-order valence-corrected chi connectivity index (χ3v) is 13.0. The van der Waals surface area contributed by atoms with Crippen molar-refractivity contribution in [3.05, 3.63) is 53.1 Å². The Morgan fingerprint density at radius 1 is 0.390 bits per heavy atom. The van der Waals surface area contributed by atoms with Crippen LogP contribution in [0.3, 0.4) is 0 Å². The van der Waals surface area contributed by atoms with E-state index in [1.165, 1.54) is 66.4 Å². The standard InChI is InChI=1S/C33H51ClN6Si/c1-22-16-25(19-28(35(4)5)31(22)38(10)11)41(34,26-17-23(2)32(39(12)13)29(20-26)36(6)7)27-18-24(3)33(40(14)15)30(21-27)37(8)9/h16-21H,1-15H3. The van der Waals surface area contributed by atoms with Crippen LogP contribution >= 0.6 is 11.1 Å². The van der Waals surface area contributed by atoms with Gasteiger partial charge in [0.25, 0.3) is 0 Å². The van der Waals surface area contributed by atoms with E-state index in [0.717, 1.165) is 0 Å². The minimum absolute atomic E-state index is 1.17. The van der Waals surface area contributed by atoms with Crippen LogP contribution in [0.4, 0.5) is 34.1 Å². The quantitative estimate of drug-likeness (QED) is 0.208. The number of anilines is 6. The monoisotopic (exact) mass is 594 g/mol. The number of rotatable bonds is 9. The van der Waals surface area contributed by atoms with Crippen LogP contribution in [0.25, 0.3) is 0 Å². The van der Waals surface area contributed by atoms with Gasteiger partial charge in [0.2, 0.25) is 7.38 Å². The first-order chi connectivity index (χ1) is 18.9. The Hall–Kier alpha value is -3.03. The summed E-state index contributed by atoms with van der Waals surface area (Å²) in [5, 5.41) is 3.57. The summed E-state index contributed by atoms with van der Waals surface area (Å²) in [4.78, 5) is 13.2. The van der Waals surface area contributed by atoms with Crippen LogP contribution in [0.5, 0.6) is 0 Å². The van der Waals surface area contributed by atoms with Gasteiger partial charge in [0.15, 0.2) is 0 Å². The topological polar surface area (TPSA) is 19.4 Å². The third-order valence-electron chi connectivity index (χ3n) is 7.82. The van der Waals surface area contributed by atoms with E-state index >= 15 is 0 Å². The van der Waals surface area contributed by atoms with E-state index in [1.807, 2.05) is 0 Å². The summed E-state index contributed by atoms with van der Waals surface area (Å²) in [6.45, 7) is 6.61. The molecule has 0 spiro atoms. The molecule has 0 radical (unpaired) electrons. The molecule has 8 heteroatoms. The molecule has 0 saturated heterocycles. The lowest BCUT2D eigenvalue weighted by Crippen LogP contribution is -2.63. The van der Waals surface area contributed by atoms with Gasteiger partial charge in [-0.2, -0.15) is 0 Å². The van der Waals surface area contributed by atoms with Crippen molar-refractivity contribution in [1.29, 1.82) is 0 Å². The van der Waals surface area contributed by atoms with E-state index in [-0.39, 0.29) is 0 Å². The molecule has 0 fully saturated rings. The fraction of sp³-hybridized carbons (Fsp3) is 0.455. The van der Waals surface area contributed by atoms with E-state index in [9.17, 15) is 0 Å². The van der Waals surface area contributed by atoms with Crippen molar-refractivity contribution >= 4 is 68.1 Å². The maximum atomic E-state index is 8.30. The predicted molar refractivity (Wildman–Crippen MR) is 190 cm³/mol. The van der Waals surface area contributed by atoms with Gasteiger partial charge in [-0.15, -0.1) is 11.1 Å². The molecule has 0 saturated carbocycles. The minimum Gasteiger partial charge on any atom is -0.376 e. The van der Waals surface area contributed by atoms with Crippen molar-refractivity contribution in [1.82, 2.24) is 0 Å². The van der Waals surface area contributed by atoms with Crippen molar-refractivity contribution in [2.45, 2.75) is 20.8 Å². The molecule has 3 aromatic carbocycles. The van der Waals surface area contributed by atoms with Gasteiger partial charge >= 0.3 is 0 Å². The maximum Gasteiger partial charge on any atom is 0.248 e. The van der Waals surface area contributed by atoms with Gasteiger partial charge in [0, 0.05) is 84.6 Å². The molecule has 0 aliphatic rings. The molecular formula is C33H51ClN6Si. The van der Waals surface area contributed by atoms with E-state index < -0.39 is 7.38 Å². The van der Waals surface area contributed by atoms with Crippen molar-refractivity contribution in [2.24, 2.45) is 0 Å². The number of hydrogen-bond acceptors (Lipinski definition) is 6. The summed E-state index contributed by atoms with van der Waals surface area (Å²) < 4.78 is 0. The van der Waals surface area contributed by atoms with E-state index in [2.05, 4.69) is 171 Å². The smallest absolute Gasteiger partial charge is 0.248 e. The molecule has 0 bridgehead atoms. The summed E-state index contributed by atoms with van der Waals surface area (Å²) in [6.07, 6.45) is 0. The molecule has 0 amide bonds. The molecule has 0 aliphatic heterocycles. The van der Waals surface area contributed by atoms with Crippen LogP contribution in [0.2, 0.25) is 0 Å². The minimum atomic E-state index is -3.04. The van der Waals surface area contributed by atoms with E-state index in [0.29, 0.717) is 0 Å². The van der Waals surface area contributed by atoms with Gasteiger partial charge in [-0.1, -0.05) is 18.2 Å². The van der Waals surface area contributed by atoms with Gasteiger partial charge in [0.1, 0.15) is 0 Å². The molecule has 0 aromatic heterocycles. The highest BCUT2D eigenvalue weighted by molar-refractivity contribution is 7.40. The number of benzene rings is 3. The molecule has 0 N–H and O–H groups in total. The first-order valence-corrected chi connectivity index (χ1v) is 17.1. The van der Waals surface area contributed by atoms with Crippen LogP contribution < -0.4 is 45.0 Å². The van der Waals surface area contributed by atoms with Crippen molar-refractivity contribution in [3.8, 4) is 0 Å². The third kappa shape index (κ3) is 5.98. The molecule has 3 rings (SSSR count). The Bertz CT molecular complexity index is 1240. The lowest BCUT2D eigenvalue weighted by Gasteiger charge is -2.34. The lowest BCUT2D eigenvalue weighted by molar-refractivity contribution is 1.06. The number of hydrogen-bond donors (Lipinski definition) is 0. The van der Waals surface area contributed by atoms with Crippen molar-refractivity contribution < 1.29 is 0 Å². The maximum absolute atomic E-state index is 8.30. The summed E-state index contributed by atoms with van der Waals surface area (Å²) in [6, 6.07) is 14.0. The normalized spacial score (nSPS) is 11.4. The summed E-state index contributed by atoms with van der Waals surface area (Å²) >= 11 is 8.30. The molecule has 41 heavy (non-hydrogen) atoms. The molecule has 0 atom stereocenters. The number of halogens is 1. The Labute approximate surface area is 255 Å². The van der Waals surface area contributed by atoms with Gasteiger partial charge in [-0.05, 0) is 71.2 Å². The summed E-state index contributed by atoms with van der Waals surface area (Å²) in [7, 11) is 22.3. The molecule has 0 heterocycles. The zero-order valence-electron chi connectivity index (χ0n) is 28.0. The highest BCUT2D eigenvalue weighted by Gasteiger charge is 2.41. The second-order valence-corrected chi connectivity index (χ2v) is 17.3. The van der Waals surface area contributed by atoms with Crippen LogP contribution in [-0.4, -0.2) is 92.0 Å². The zero-order chi connectivity index (χ0) is 31.1.